The Morgan fingerprint density at radius 1 is 0.500 bits per heavy atom. The van der Waals surface area contributed by atoms with Gasteiger partial charge in [0.25, 0.3) is 0 Å². The van der Waals surface area contributed by atoms with Crippen LogP contribution in [0.25, 0.3) is 61.1 Å². The number of hydrogen-bond acceptors (Lipinski definition) is 2. The highest BCUT2D eigenvalue weighted by Gasteiger charge is 2.14. The average Bonchev–Trinajstić information content (AvgIpc) is 3.33. The van der Waals surface area contributed by atoms with Crippen molar-refractivity contribution in [2.45, 2.75) is 0 Å². The van der Waals surface area contributed by atoms with E-state index in [1.165, 1.54) is 27.3 Å². The van der Waals surface area contributed by atoms with E-state index in [0.29, 0.717) is 0 Å². The van der Waals surface area contributed by atoms with Gasteiger partial charge in [0.15, 0.2) is 0 Å². The van der Waals surface area contributed by atoms with Gasteiger partial charge in [0.2, 0.25) is 0 Å². The maximum Gasteiger partial charge on any atom is 0.140 e. The third-order valence-corrected chi connectivity index (χ3v) is 7.20. The van der Waals surface area contributed by atoms with Crippen molar-refractivity contribution in [3.05, 3.63) is 134 Å². The lowest BCUT2D eigenvalue weighted by Gasteiger charge is -2.13. The van der Waals surface area contributed by atoms with Gasteiger partial charge in [0.1, 0.15) is 7.85 Å². The zero-order valence-corrected chi connectivity index (χ0v) is 21.0. The number of nitrogens with zero attached hydrogens (tertiary/aromatic N) is 3. The lowest BCUT2D eigenvalue weighted by atomic mass is 9.91. The Labute approximate surface area is 222 Å². The number of benzene rings is 4. The molecular formula is C34H24BN3. The Morgan fingerprint density at radius 3 is 1.84 bits per heavy atom. The molecule has 3 nitrogen and oxygen atoms in total. The minimum Gasteiger partial charge on any atom is -0.309 e. The van der Waals surface area contributed by atoms with Crippen LogP contribution in [0.2, 0.25) is 0 Å². The number of aromatic nitrogens is 3. The molecule has 0 radical (unpaired) electrons. The summed E-state index contributed by atoms with van der Waals surface area (Å²) in [5.41, 5.74) is 11.2. The van der Waals surface area contributed by atoms with Gasteiger partial charge in [0.05, 0.1) is 22.4 Å². The summed E-state index contributed by atoms with van der Waals surface area (Å²) in [7, 11) is 2.19. The topological polar surface area (TPSA) is 30.7 Å². The lowest BCUT2D eigenvalue weighted by molar-refractivity contribution is 1.18. The zero-order valence-electron chi connectivity index (χ0n) is 21.0. The molecule has 4 heteroatoms. The molecule has 0 N–H and O–H groups in total. The fourth-order valence-corrected chi connectivity index (χ4v) is 5.46. The predicted molar refractivity (Wildman–Crippen MR) is 161 cm³/mol. The molecule has 0 atom stereocenters. The summed E-state index contributed by atoms with van der Waals surface area (Å²) in [5.74, 6) is 0. The smallest absolute Gasteiger partial charge is 0.140 e. The zero-order chi connectivity index (χ0) is 25.5. The second-order valence-corrected chi connectivity index (χ2v) is 9.60. The van der Waals surface area contributed by atoms with Crippen molar-refractivity contribution in [3.63, 3.8) is 0 Å². The highest BCUT2D eigenvalue weighted by Crippen LogP contribution is 2.35. The molecule has 0 aliphatic carbocycles. The molecule has 0 saturated carbocycles. The van der Waals surface area contributed by atoms with Crippen LogP contribution in [0.1, 0.15) is 0 Å². The van der Waals surface area contributed by atoms with Gasteiger partial charge in [-0.25, -0.2) is 0 Å². The minimum absolute atomic E-state index is 0.945. The molecule has 0 bridgehead atoms. The molecule has 0 amide bonds. The molecule has 3 aromatic heterocycles. The first-order valence-electron chi connectivity index (χ1n) is 12.8. The van der Waals surface area contributed by atoms with Crippen LogP contribution < -0.4 is 5.46 Å². The third-order valence-electron chi connectivity index (χ3n) is 7.20. The molecular weight excluding hydrogens is 461 g/mol. The van der Waals surface area contributed by atoms with E-state index < -0.39 is 0 Å². The molecule has 7 rings (SSSR count). The van der Waals surface area contributed by atoms with Crippen LogP contribution in [0, 0.1) is 0 Å². The second kappa shape index (κ2) is 9.17. The predicted octanol–water partition coefficient (Wildman–Crippen LogP) is 6.83. The standard InChI is InChI=1S/C34H24BN3/c35-29-12-8-16-33-34(29)28-11-1-2-15-32(28)38(33)27-10-7-9-23(22-27)24-19-25(30-13-3-5-17-36-30)21-26(20-24)31-14-4-6-18-37-31/h1-22H,35H2. The summed E-state index contributed by atoms with van der Waals surface area (Å²) in [6.07, 6.45) is 3.68. The normalized spacial score (nSPS) is 11.3. The van der Waals surface area contributed by atoms with Crippen LogP contribution in [-0.4, -0.2) is 22.4 Å². The van der Waals surface area contributed by atoms with Gasteiger partial charge < -0.3 is 4.57 Å². The summed E-state index contributed by atoms with van der Waals surface area (Å²) < 4.78 is 2.38. The van der Waals surface area contributed by atoms with Gasteiger partial charge in [-0.3, -0.25) is 9.97 Å². The van der Waals surface area contributed by atoms with Crippen molar-refractivity contribution in [1.82, 2.24) is 14.5 Å². The molecule has 3 heterocycles. The molecule has 178 valence electrons. The van der Waals surface area contributed by atoms with E-state index in [4.69, 9.17) is 0 Å². The summed E-state index contributed by atoms with van der Waals surface area (Å²) in [4.78, 5) is 9.26. The van der Waals surface area contributed by atoms with Crippen molar-refractivity contribution in [2.24, 2.45) is 0 Å². The Morgan fingerprint density at radius 2 is 1.13 bits per heavy atom. The van der Waals surface area contributed by atoms with Crippen LogP contribution >= 0.6 is 0 Å². The van der Waals surface area contributed by atoms with Gasteiger partial charge in [-0.1, -0.05) is 60.1 Å². The summed E-state index contributed by atoms with van der Waals surface area (Å²) in [6.45, 7) is 0. The fraction of sp³-hybridized carbons (Fsp3) is 0. The van der Waals surface area contributed by atoms with E-state index in [1.54, 1.807) is 0 Å². The van der Waals surface area contributed by atoms with Crippen LogP contribution in [0.4, 0.5) is 0 Å². The Kier molecular flexibility index (Phi) is 5.37. The number of pyridine rings is 2. The number of para-hydroxylation sites is 1. The Hall–Kier alpha value is -4.96. The van der Waals surface area contributed by atoms with Crippen molar-refractivity contribution in [3.8, 4) is 39.3 Å². The van der Waals surface area contributed by atoms with Crippen molar-refractivity contribution >= 4 is 35.1 Å². The molecule has 0 spiro atoms. The SMILES string of the molecule is Bc1cccc2c1c1ccccc1n2-c1cccc(-c2cc(-c3ccccn3)cc(-c3ccccn3)c2)c1. The van der Waals surface area contributed by atoms with E-state index in [-0.39, 0.29) is 0 Å². The van der Waals surface area contributed by atoms with Crippen LogP contribution in [-0.2, 0) is 0 Å². The van der Waals surface area contributed by atoms with Crippen LogP contribution in [0.15, 0.2) is 134 Å². The van der Waals surface area contributed by atoms with E-state index in [9.17, 15) is 0 Å². The quantitative estimate of drug-likeness (QED) is 0.256. The fourth-order valence-electron chi connectivity index (χ4n) is 5.46. The molecule has 0 fully saturated rings. The van der Waals surface area contributed by atoms with Crippen molar-refractivity contribution in [2.75, 3.05) is 0 Å². The molecule has 0 aliphatic rings. The molecule has 4 aromatic carbocycles. The minimum atomic E-state index is 0.945. The lowest BCUT2D eigenvalue weighted by Crippen LogP contribution is -2.02. The highest BCUT2D eigenvalue weighted by atomic mass is 15.0. The van der Waals surface area contributed by atoms with Crippen molar-refractivity contribution in [1.29, 1.82) is 0 Å². The second-order valence-electron chi connectivity index (χ2n) is 9.60. The molecule has 0 unspecified atom stereocenters. The van der Waals surface area contributed by atoms with Gasteiger partial charge in [-0.05, 0) is 77.9 Å². The number of hydrogen-bond donors (Lipinski definition) is 0. The summed E-state index contributed by atoms with van der Waals surface area (Å²) >= 11 is 0. The average molecular weight is 485 g/mol. The highest BCUT2D eigenvalue weighted by molar-refractivity contribution is 6.41. The molecule has 0 aliphatic heterocycles. The first-order valence-corrected chi connectivity index (χ1v) is 12.8. The van der Waals surface area contributed by atoms with Gasteiger partial charge >= 0.3 is 0 Å². The monoisotopic (exact) mass is 485 g/mol. The summed E-state index contributed by atoms with van der Waals surface area (Å²) in [6, 6.07) is 42.7. The molecule has 7 aromatic rings. The first-order chi connectivity index (χ1) is 18.8. The van der Waals surface area contributed by atoms with Crippen LogP contribution in [0.3, 0.4) is 0 Å². The Bertz CT molecular complexity index is 1870. The van der Waals surface area contributed by atoms with Crippen molar-refractivity contribution < 1.29 is 0 Å². The van der Waals surface area contributed by atoms with E-state index >= 15 is 0 Å². The van der Waals surface area contributed by atoms with E-state index in [0.717, 1.165) is 39.3 Å². The maximum absolute atomic E-state index is 4.63. The number of rotatable bonds is 4. The summed E-state index contributed by atoms with van der Waals surface area (Å²) in [5, 5.41) is 2.59. The number of fused-ring (bicyclic) bond motifs is 3. The van der Waals surface area contributed by atoms with Gasteiger partial charge in [0, 0.05) is 40.0 Å². The van der Waals surface area contributed by atoms with E-state index in [2.05, 4.69) is 119 Å². The van der Waals surface area contributed by atoms with E-state index in [1.807, 2.05) is 36.7 Å². The third kappa shape index (κ3) is 3.79. The van der Waals surface area contributed by atoms with Crippen LogP contribution in [0.5, 0.6) is 0 Å². The first kappa shape index (κ1) is 22.3. The van der Waals surface area contributed by atoms with Gasteiger partial charge in [-0.15, -0.1) is 0 Å². The molecule has 38 heavy (non-hydrogen) atoms. The largest absolute Gasteiger partial charge is 0.309 e. The molecule has 0 saturated heterocycles. The maximum atomic E-state index is 4.63. The van der Waals surface area contributed by atoms with Gasteiger partial charge in [-0.2, -0.15) is 0 Å². The Balaban J connectivity index is 1.44.